The fraction of sp³-hybridized carbons (Fsp3) is 0.273. The summed E-state index contributed by atoms with van der Waals surface area (Å²) in [7, 11) is 1.40. The summed E-state index contributed by atoms with van der Waals surface area (Å²) in [5.41, 5.74) is 0.777. The maximum absolute atomic E-state index is 10.9. The molecule has 0 heterocycles. The lowest BCUT2D eigenvalue weighted by atomic mass is 10.1. The van der Waals surface area contributed by atoms with Gasteiger partial charge in [-0.05, 0) is 24.6 Å². The third kappa shape index (κ3) is 2.47. The lowest BCUT2D eigenvalue weighted by molar-refractivity contribution is -0.116. The first kappa shape index (κ1) is 11.1. The zero-order valence-electron chi connectivity index (χ0n) is 8.57. The van der Waals surface area contributed by atoms with E-state index in [0.717, 1.165) is 0 Å². The molecule has 0 fully saturated rings. The van der Waals surface area contributed by atoms with Crippen LogP contribution < -0.4 is 4.74 Å². The van der Waals surface area contributed by atoms with E-state index in [9.17, 15) is 9.90 Å². The molecular weight excluding hydrogens is 194 g/mol. The summed E-state index contributed by atoms with van der Waals surface area (Å²) in [5.74, 6) is 0.0178. The van der Waals surface area contributed by atoms with Crippen LogP contribution in [0.25, 0.3) is 0 Å². The number of carbonyl (C=O) groups is 1. The number of hydrogen-bond acceptors (Lipinski definition) is 4. The van der Waals surface area contributed by atoms with Gasteiger partial charge in [0.1, 0.15) is 11.9 Å². The summed E-state index contributed by atoms with van der Waals surface area (Å²) < 4.78 is 4.90. The lowest BCUT2D eigenvalue weighted by Gasteiger charge is -2.07. The average Bonchev–Trinajstić information content (AvgIpc) is 2.19. The molecule has 0 spiro atoms. The van der Waals surface area contributed by atoms with Crippen LogP contribution in [0.5, 0.6) is 11.5 Å². The highest BCUT2D eigenvalue weighted by molar-refractivity contribution is 5.78. The van der Waals surface area contributed by atoms with Crippen LogP contribution in [-0.2, 0) is 11.2 Å². The zero-order valence-corrected chi connectivity index (χ0v) is 8.57. The molecule has 0 bridgehead atoms. The van der Waals surface area contributed by atoms with Gasteiger partial charge in [0.15, 0.2) is 11.5 Å². The minimum absolute atomic E-state index is 0.00775. The van der Waals surface area contributed by atoms with Gasteiger partial charge in [-0.15, -0.1) is 0 Å². The number of ether oxygens (including phenoxy) is 1. The Bertz CT molecular complexity index is 432. The molecule has 0 amide bonds. The molecule has 78 valence electrons. The third-order valence-electron chi connectivity index (χ3n) is 1.93. The van der Waals surface area contributed by atoms with Crippen LogP contribution in [0.2, 0.25) is 0 Å². The molecule has 0 radical (unpaired) electrons. The highest BCUT2D eigenvalue weighted by Crippen LogP contribution is 2.31. The van der Waals surface area contributed by atoms with Gasteiger partial charge in [0.25, 0.3) is 0 Å². The molecule has 0 saturated heterocycles. The van der Waals surface area contributed by atoms with E-state index < -0.39 is 0 Å². The first-order chi connectivity index (χ1) is 7.08. The van der Waals surface area contributed by atoms with Gasteiger partial charge in [0.2, 0.25) is 0 Å². The average molecular weight is 205 g/mol. The van der Waals surface area contributed by atoms with Crippen molar-refractivity contribution in [2.45, 2.75) is 13.3 Å². The molecule has 0 aliphatic carbocycles. The van der Waals surface area contributed by atoms with E-state index in [-0.39, 0.29) is 29.3 Å². The maximum Gasteiger partial charge on any atom is 0.175 e. The number of hydrogen-bond donors (Lipinski definition) is 1. The normalized spacial score (nSPS) is 9.40. The second kappa shape index (κ2) is 4.47. The summed E-state index contributed by atoms with van der Waals surface area (Å²) in [5, 5.41) is 18.3. The van der Waals surface area contributed by atoms with E-state index in [4.69, 9.17) is 10.00 Å². The number of rotatable bonds is 3. The van der Waals surface area contributed by atoms with Crippen molar-refractivity contribution >= 4 is 5.78 Å². The number of nitriles is 1. The number of phenols is 1. The van der Waals surface area contributed by atoms with E-state index in [0.29, 0.717) is 5.56 Å². The Morgan fingerprint density at radius 1 is 1.60 bits per heavy atom. The zero-order chi connectivity index (χ0) is 11.4. The molecule has 1 aromatic rings. The topological polar surface area (TPSA) is 70.3 Å². The molecule has 0 aliphatic rings. The van der Waals surface area contributed by atoms with Crippen LogP contribution in [0.1, 0.15) is 18.1 Å². The van der Waals surface area contributed by atoms with Crippen molar-refractivity contribution in [1.29, 1.82) is 5.26 Å². The Kier molecular flexibility index (Phi) is 3.29. The van der Waals surface area contributed by atoms with Crippen LogP contribution in [0.4, 0.5) is 0 Å². The number of phenolic OH excluding ortho intramolecular Hbond substituents is 1. The number of aromatic hydroxyl groups is 1. The number of nitrogens with zero attached hydrogens (tertiary/aromatic N) is 1. The first-order valence-corrected chi connectivity index (χ1v) is 4.38. The molecular formula is C11H11NO3. The van der Waals surface area contributed by atoms with Crippen LogP contribution in [0, 0.1) is 11.3 Å². The van der Waals surface area contributed by atoms with Crippen molar-refractivity contribution in [3.63, 3.8) is 0 Å². The summed E-state index contributed by atoms with van der Waals surface area (Å²) >= 11 is 0. The van der Waals surface area contributed by atoms with Crippen molar-refractivity contribution in [3.8, 4) is 17.6 Å². The second-order valence-corrected chi connectivity index (χ2v) is 3.18. The van der Waals surface area contributed by atoms with E-state index in [1.165, 1.54) is 20.1 Å². The lowest BCUT2D eigenvalue weighted by Crippen LogP contribution is -1.98. The Morgan fingerprint density at radius 2 is 2.27 bits per heavy atom. The van der Waals surface area contributed by atoms with E-state index in [1.54, 1.807) is 6.07 Å². The van der Waals surface area contributed by atoms with E-state index in [2.05, 4.69) is 0 Å². The Hall–Kier alpha value is -2.02. The van der Waals surface area contributed by atoms with Gasteiger partial charge < -0.3 is 9.84 Å². The van der Waals surface area contributed by atoms with Gasteiger partial charge in [-0.3, -0.25) is 4.79 Å². The minimum Gasteiger partial charge on any atom is -0.503 e. The smallest absolute Gasteiger partial charge is 0.175 e. The van der Waals surface area contributed by atoms with Crippen LogP contribution >= 0.6 is 0 Å². The van der Waals surface area contributed by atoms with Crippen molar-refractivity contribution in [3.05, 3.63) is 23.3 Å². The highest BCUT2D eigenvalue weighted by atomic mass is 16.5. The molecule has 0 saturated carbocycles. The summed E-state index contributed by atoms with van der Waals surface area (Å²) in [4.78, 5) is 10.9. The molecule has 0 aromatic heterocycles. The fourth-order valence-electron chi connectivity index (χ4n) is 1.30. The predicted molar refractivity (Wildman–Crippen MR) is 53.8 cm³/mol. The van der Waals surface area contributed by atoms with Crippen LogP contribution in [0.15, 0.2) is 12.1 Å². The van der Waals surface area contributed by atoms with Gasteiger partial charge in [-0.25, -0.2) is 0 Å². The molecule has 0 atom stereocenters. The molecule has 1 rings (SSSR count). The van der Waals surface area contributed by atoms with E-state index in [1.807, 2.05) is 6.07 Å². The van der Waals surface area contributed by atoms with Crippen molar-refractivity contribution in [2.75, 3.05) is 7.11 Å². The minimum atomic E-state index is -0.188. The van der Waals surface area contributed by atoms with Gasteiger partial charge in [-0.1, -0.05) is 0 Å². The summed E-state index contributed by atoms with van der Waals surface area (Å²) in [6.07, 6.45) is 0.228. The highest BCUT2D eigenvalue weighted by Gasteiger charge is 2.10. The number of benzene rings is 1. The van der Waals surface area contributed by atoms with Gasteiger partial charge in [0.05, 0.1) is 12.7 Å². The predicted octanol–water partition coefficient (Wildman–Crippen LogP) is 1.40. The van der Waals surface area contributed by atoms with Crippen LogP contribution in [-0.4, -0.2) is 18.0 Å². The molecule has 4 heteroatoms. The maximum atomic E-state index is 10.9. The first-order valence-electron chi connectivity index (χ1n) is 4.38. The summed E-state index contributed by atoms with van der Waals surface area (Å²) in [6.45, 7) is 1.46. The number of methoxy groups -OCH3 is 1. The van der Waals surface area contributed by atoms with Gasteiger partial charge in [-0.2, -0.15) is 5.26 Å². The second-order valence-electron chi connectivity index (χ2n) is 3.18. The Balaban J connectivity index is 3.22. The quantitative estimate of drug-likeness (QED) is 0.809. The number of Topliss-reactive ketones (excluding diaryl/α,β-unsaturated/α-hetero) is 1. The third-order valence-corrected chi connectivity index (χ3v) is 1.93. The van der Waals surface area contributed by atoms with Gasteiger partial charge in [0, 0.05) is 6.42 Å². The number of carbonyl (C=O) groups excluding carboxylic acids is 1. The van der Waals surface area contributed by atoms with E-state index >= 15 is 0 Å². The molecule has 0 aliphatic heterocycles. The van der Waals surface area contributed by atoms with Gasteiger partial charge >= 0.3 is 0 Å². The van der Waals surface area contributed by atoms with Crippen molar-refractivity contribution < 1.29 is 14.6 Å². The Labute approximate surface area is 87.7 Å². The molecule has 1 N–H and O–H groups in total. The SMILES string of the molecule is COc1cc(CC(C)=O)cc(C#N)c1O. The van der Waals surface area contributed by atoms with Crippen molar-refractivity contribution in [1.82, 2.24) is 0 Å². The van der Waals surface area contributed by atoms with Crippen LogP contribution in [0.3, 0.4) is 0 Å². The summed E-state index contributed by atoms with van der Waals surface area (Å²) in [6, 6.07) is 4.88. The molecule has 4 nitrogen and oxygen atoms in total. The molecule has 0 unspecified atom stereocenters. The molecule has 15 heavy (non-hydrogen) atoms. The fourth-order valence-corrected chi connectivity index (χ4v) is 1.30. The monoisotopic (exact) mass is 205 g/mol. The Morgan fingerprint density at radius 3 is 2.73 bits per heavy atom. The molecule has 1 aromatic carbocycles. The largest absolute Gasteiger partial charge is 0.503 e. The number of ketones is 1. The van der Waals surface area contributed by atoms with Crippen molar-refractivity contribution in [2.24, 2.45) is 0 Å². The standard InChI is InChI=1S/C11H11NO3/c1-7(13)3-8-4-9(6-12)11(14)10(5-8)15-2/h4-5,14H,3H2,1-2H3.